The quantitative estimate of drug-likeness (QED) is 0.137. The highest BCUT2D eigenvalue weighted by atomic mass is 15.0. The summed E-state index contributed by atoms with van der Waals surface area (Å²) in [6.07, 6.45) is 0. The Kier molecular flexibility index (Phi) is 11.8. The topological polar surface area (TPSA) is 35.6 Å². The van der Waals surface area contributed by atoms with E-state index in [4.69, 9.17) is 9.97 Å². The maximum atomic E-state index is 5.33. The van der Waals surface area contributed by atoms with E-state index in [1.54, 1.807) is 0 Å². The summed E-state index contributed by atoms with van der Waals surface area (Å²) in [5.41, 5.74) is 26.6. The average Bonchev–Trinajstić information content (AvgIpc) is 3.21. The first-order valence-corrected chi connectivity index (χ1v) is 28.7. The van der Waals surface area contributed by atoms with Gasteiger partial charge in [-0.3, -0.25) is 0 Å². The van der Waals surface area contributed by atoms with Crippen LogP contribution in [0.1, 0.15) is 0 Å². The minimum atomic E-state index is 0.847. The molecule has 13 aromatic carbocycles. The molecule has 0 unspecified atom stereocenters. The van der Waals surface area contributed by atoms with Crippen molar-refractivity contribution in [3.63, 3.8) is 0 Å². The predicted molar refractivity (Wildman–Crippen MR) is 352 cm³/mol. The van der Waals surface area contributed by atoms with E-state index in [2.05, 4.69) is 312 Å². The number of hydrogen-bond acceptors (Lipinski definition) is 2. The van der Waals surface area contributed by atoms with E-state index >= 15 is 0 Å². The molecule has 3 heterocycles. The molecule has 4 heteroatoms. The van der Waals surface area contributed by atoms with E-state index in [-0.39, 0.29) is 0 Å². The third kappa shape index (κ3) is 8.64. The van der Waals surface area contributed by atoms with Gasteiger partial charge < -0.3 is 9.13 Å². The molecule has 16 aromatic rings. The van der Waals surface area contributed by atoms with Gasteiger partial charge in [-0.2, -0.15) is 0 Å². The Balaban J connectivity index is 0.742. The number of aromatic nitrogens is 4. The van der Waals surface area contributed by atoms with Crippen LogP contribution >= 0.6 is 0 Å². The SMILES string of the molecule is c1ccc(-c2ccc(-c3ccc4c(c3)c3cc(-c5ccc(-c6nc7ccccc7nc6-c6ccc(-c7ccc8c(c7)c7cc(-c9ccc(-c%10ccccc%10)cc9)ccc7n8-c7ccccc7)cc6)cc5)ccc3n4-c3ccccc3)cc2)cc1. The van der Waals surface area contributed by atoms with Gasteiger partial charge in [0.2, 0.25) is 0 Å². The summed E-state index contributed by atoms with van der Waals surface area (Å²) in [5.74, 6) is 0. The van der Waals surface area contributed by atoms with Crippen molar-refractivity contribution in [3.05, 3.63) is 315 Å². The lowest BCUT2D eigenvalue weighted by Gasteiger charge is -2.12. The van der Waals surface area contributed by atoms with Crippen LogP contribution in [0.25, 0.3) is 155 Å². The van der Waals surface area contributed by atoms with E-state index in [1.807, 2.05) is 12.1 Å². The van der Waals surface area contributed by atoms with Crippen LogP contribution in [0.2, 0.25) is 0 Å². The van der Waals surface area contributed by atoms with Gasteiger partial charge in [0.15, 0.2) is 0 Å². The minimum Gasteiger partial charge on any atom is -0.309 e. The first-order chi connectivity index (χ1) is 41.6. The molecule has 0 bridgehead atoms. The van der Waals surface area contributed by atoms with Gasteiger partial charge in [-0.15, -0.1) is 0 Å². The molecule has 0 amide bonds. The molecule has 84 heavy (non-hydrogen) atoms. The maximum absolute atomic E-state index is 5.33. The van der Waals surface area contributed by atoms with Crippen LogP contribution in [0.4, 0.5) is 0 Å². The van der Waals surface area contributed by atoms with Gasteiger partial charge in [0.25, 0.3) is 0 Å². The van der Waals surface area contributed by atoms with E-state index in [0.717, 1.165) is 67.2 Å². The molecule has 0 radical (unpaired) electrons. The summed E-state index contributed by atoms with van der Waals surface area (Å²) in [5, 5.41) is 4.84. The molecule has 3 aromatic heterocycles. The lowest BCUT2D eigenvalue weighted by atomic mass is 9.96. The van der Waals surface area contributed by atoms with Crippen LogP contribution in [0.3, 0.4) is 0 Å². The molecule has 0 aliphatic rings. The smallest absolute Gasteiger partial charge is 0.0973 e. The monoisotopic (exact) mass is 1070 g/mol. The van der Waals surface area contributed by atoms with Crippen LogP contribution < -0.4 is 0 Å². The lowest BCUT2D eigenvalue weighted by Crippen LogP contribution is -1.95. The second kappa shape index (κ2) is 20.4. The summed E-state index contributed by atoms with van der Waals surface area (Å²) < 4.78 is 4.78. The Morgan fingerprint density at radius 2 is 0.393 bits per heavy atom. The van der Waals surface area contributed by atoms with Gasteiger partial charge in [-0.05, 0) is 152 Å². The van der Waals surface area contributed by atoms with Crippen molar-refractivity contribution in [2.24, 2.45) is 0 Å². The second-order valence-corrected chi connectivity index (χ2v) is 21.7. The number of hydrogen-bond donors (Lipinski definition) is 0. The van der Waals surface area contributed by atoms with Gasteiger partial charge in [-0.1, -0.05) is 231 Å². The Hall–Kier alpha value is -11.2. The molecule has 0 aliphatic carbocycles. The first-order valence-electron chi connectivity index (χ1n) is 28.7. The standard InChI is InChI=1S/C80H52N4/c1-5-15-53(16-6-1)55-25-29-57(30-26-55)63-41-45-75-69(49-63)71-51-65(43-47-77(71)83(75)67-19-9-3-10-20-67)59-33-37-61(38-34-59)79-80(82-74-24-14-13-23-73(74)81-79)62-39-35-60(36-40-62)66-44-48-78-72(52-66)70-50-64(42-46-76(70)84(78)68-21-11-4-12-22-68)58-31-27-56(28-32-58)54-17-7-2-8-18-54/h1-52H. The minimum absolute atomic E-state index is 0.847. The Morgan fingerprint density at radius 3 is 0.679 bits per heavy atom. The van der Waals surface area contributed by atoms with Crippen LogP contribution in [-0.2, 0) is 0 Å². The van der Waals surface area contributed by atoms with Crippen LogP contribution in [0.15, 0.2) is 315 Å². The Bertz CT molecular complexity index is 4780. The highest BCUT2D eigenvalue weighted by Gasteiger charge is 2.19. The highest BCUT2D eigenvalue weighted by molar-refractivity contribution is 6.13. The molecule has 0 spiro atoms. The van der Waals surface area contributed by atoms with Crippen molar-refractivity contribution >= 4 is 54.6 Å². The fourth-order valence-electron chi connectivity index (χ4n) is 12.5. The molecule has 4 nitrogen and oxygen atoms in total. The number of fused-ring (bicyclic) bond motifs is 7. The van der Waals surface area contributed by atoms with Crippen molar-refractivity contribution in [1.29, 1.82) is 0 Å². The van der Waals surface area contributed by atoms with Crippen molar-refractivity contribution in [2.75, 3.05) is 0 Å². The van der Waals surface area contributed by atoms with Gasteiger partial charge >= 0.3 is 0 Å². The highest BCUT2D eigenvalue weighted by Crippen LogP contribution is 2.41. The second-order valence-electron chi connectivity index (χ2n) is 21.7. The third-order valence-corrected chi connectivity index (χ3v) is 16.8. The fourth-order valence-corrected chi connectivity index (χ4v) is 12.5. The molecule has 0 fully saturated rings. The molecule has 0 N–H and O–H groups in total. The largest absolute Gasteiger partial charge is 0.309 e. The predicted octanol–water partition coefficient (Wildman–Crippen LogP) is 21.2. The summed E-state index contributed by atoms with van der Waals surface area (Å²) in [7, 11) is 0. The van der Waals surface area contributed by atoms with Gasteiger partial charge in [0.1, 0.15) is 0 Å². The number of benzene rings is 13. The Morgan fingerprint density at radius 1 is 0.179 bits per heavy atom. The first kappa shape index (κ1) is 48.7. The maximum Gasteiger partial charge on any atom is 0.0973 e. The van der Waals surface area contributed by atoms with Crippen molar-refractivity contribution < 1.29 is 0 Å². The normalized spacial score (nSPS) is 11.6. The summed E-state index contributed by atoms with van der Waals surface area (Å²) in [4.78, 5) is 10.7. The lowest BCUT2D eigenvalue weighted by molar-refractivity contribution is 1.18. The zero-order chi connectivity index (χ0) is 55.5. The summed E-state index contributed by atoms with van der Waals surface area (Å²) in [6, 6.07) is 114. The van der Waals surface area contributed by atoms with Gasteiger partial charge in [-0.25, -0.2) is 9.97 Å². The van der Waals surface area contributed by atoms with Crippen LogP contribution in [-0.4, -0.2) is 19.1 Å². The molecule has 0 aliphatic heterocycles. The van der Waals surface area contributed by atoms with Crippen LogP contribution in [0.5, 0.6) is 0 Å². The number of rotatable bonds is 10. The van der Waals surface area contributed by atoms with E-state index in [1.165, 1.54) is 88.1 Å². The van der Waals surface area contributed by atoms with E-state index in [0.29, 0.717) is 0 Å². The van der Waals surface area contributed by atoms with Crippen molar-refractivity contribution in [2.45, 2.75) is 0 Å². The average molecular weight is 1070 g/mol. The molecule has 0 saturated carbocycles. The van der Waals surface area contributed by atoms with Crippen LogP contribution in [0, 0.1) is 0 Å². The van der Waals surface area contributed by atoms with Gasteiger partial charge in [0, 0.05) is 44.0 Å². The molecular weight excluding hydrogens is 1020 g/mol. The molecular formula is C80H52N4. The summed E-state index contributed by atoms with van der Waals surface area (Å²) >= 11 is 0. The molecule has 16 rings (SSSR count). The zero-order valence-electron chi connectivity index (χ0n) is 45.8. The molecule has 392 valence electrons. The Labute approximate surface area is 487 Å². The fraction of sp³-hybridized carbons (Fsp3) is 0. The van der Waals surface area contributed by atoms with E-state index < -0.39 is 0 Å². The van der Waals surface area contributed by atoms with E-state index in [9.17, 15) is 0 Å². The molecule has 0 saturated heterocycles. The van der Waals surface area contributed by atoms with Gasteiger partial charge in [0.05, 0.1) is 44.5 Å². The van der Waals surface area contributed by atoms with Crippen molar-refractivity contribution in [1.82, 2.24) is 19.1 Å². The zero-order valence-corrected chi connectivity index (χ0v) is 45.8. The third-order valence-electron chi connectivity index (χ3n) is 16.8. The number of para-hydroxylation sites is 4. The number of nitrogens with zero attached hydrogens (tertiary/aromatic N) is 4. The van der Waals surface area contributed by atoms with Crippen molar-refractivity contribution in [3.8, 4) is 101 Å². The molecule has 0 atom stereocenters. The summed E-state index contributed by atoms with van der Waals surface area (Å²) in [6.45, 7) is 0.